The summed E-state index contributed by atoms with van der Waals surface area (Å²) in [5.41, 5.74) is 0. The van der Waals surface area contributed by atoms with E-state index >= 15 is 0 Å². The van der Waals surface area contributed by atoms with Crippen LogP contribution in [0, 0.1) is 11.8 Å². The van der Waals surface area contributed by atoms with Gasteiger partial charge in [0.25, 0.3) is 0 Å². The third-order valence-electron chi connectivity index (χ3n) is 2.58. The molecule has 1 fully saturated rings. The molecular weight excluding hydrogens is 122 g/mol. The van der Waals surface area contributed by atoms with Gasteiger partial charge in [0.05, 0.1) is 0 Å². The zero-order valence-corrected chi connectivity index (χ0v) is 7.59. The molecule has 1 aliphatic heterocycles. The van der Waals surface area contributed by atoms with Gasteiger partial charge in [-0.1, -0.05) is 20.8 Å². The maximum atomic E-state index is 2.50. The summed E-state index contributed by atoms with van der Waals surface area (Å²) in [4.78, 5) is 2.50. The van der Waals surface area contributed by atoms with E-state index in [9.17, 15) is 0 Å². The fourth-order valence-corrected chi connectivity index (χ4v) is 2.07. The minimum absolute atomic E-state index is 0.829. The molecule has 0 radical (unpaired) electrons. The van der Waals surface area contributed by atoms with Crippen molar-refractivity contribution >= 4 is 0 Å². The Balaban J connectivity index is 2.46. The lowest BCUT2D eigenvalue weighted by atomic mass is 9.99. The molecule has 1 heteroatoms. The van der Waals surface area contributed by atoms with Crippen LogP contribution in [0.4, 0.5) is 0 Å². The van der Waals surface area contributed by atoms with Crippen molar-refractivity contribution in [3.8, 4) is 0 Å². The van der Waals surface area contributed by atoms with E-state index in [0.717, 1.165) is 17.9 Å². The Kier molecular flexibility index (Phi) is 2.35. The largest absolute Gasteiger partial charge is 0.303 e. The second-order valence-corrected chi connectivity index (χ2v) is 4.09. The average Bonchev–Trinajstić information content (AvgIpc) is 2.10. The molecule has 0 bridgehead atoms. The summed E-state index contributed by atoms with van der Waals surface area (Å²) in [7, 11) is 2.24. The van der Waals surface area contributed by atoms with Crippen LogP contribution in [0.1, 0.15) is 27.2 Å². The highest BCUT2D eigenvalue weighted by molar-refractivity contribution is 4.82. The van der Waals surface area contributed by atoms with E-state index in [0.29, 0.717) is 0 Å². The van der Waals surface area contributed by atoms with Crippen molar-refractivity contribution in [3.05, 3.63) is 0 Å². The number of hydrogen-bond acceptors (Lipinski definition) is 1. The van der Waals surface area contributed by atoms with Gasteiger partial charge >= 0.3 is 0 Å². The summed E-state index contributed by atoms with van der Waals surface area (Å²) >= 11 is 0. The highest BCUT2D eigenvalue weighted by Crippen LogP contribution is 2.25. The van der Waals surface area contributed by atoms with Crippen LogP contribution in [0.2, 0.25) is 0 Å². The fourth-order valence-electron chi connectivity index (χ4n) is 2.07. The third-order valence-corrected chi connectivity index (χ3v) is 2.58. The Morgan fingerprint density at radius 2 is 2.00 bits per heavy atom. The zero-order valence-electron chi connectivity index (χ0n) is 7.59. The standard InChI is InChI=1S/C9H19N/c1-7(2)9-5-8(3)6-10(9)4/h7-9H,5-6H2,1-4H3/t8-,9?/m0/s1. The van der Waals surface area contributed by atoms with E-state index < -0.39 is 0 Å². The summed E-state index contributed by atoms with van der Waals surface area (Å²) in [6.07, 6.45) is 1.40. The average molecular weight is 141 g/mol. The number of nitrogens with zero attached hydrogens (tertiary/aromatic N) is 1. The molecule has 0 aromatic rings. The lowest BCUT2D eigenvalue weighted by Crippen LogP contribution is -2.29. The maximum absolute atomic E-state index is 2.50. The lowest BCUT2D eigenvalue weighted by molar-refractivity contribution is 0.250. The van der Waals surface area contributed by atoms with Crippen molar-refractivity contribution in [2.24, 2.45) is 11.8 Å². The highest BCUT2D eigenvalue weighted by Gasteiger charge is 2.28. The molecule has 1 nitrogen and oxygen atoms in total. The Bertz CT molecular complexity index is 109. The van der Waals surface area contributed by atoms with Crippen LogP contribution in [0.25, 0.3) is 0 Å². The van der Waals surface area contributed by atoms with Gasteiger partial charge in [-0.05, 0) is 25.3 Å². The molecule has 2 atom stereocenters. The van der Waals surface area contributed by atoms with Crippen LogP contribution in [-0.2, 0) is 0 Å². The minimum atomic E-state index is 0.829. The van der Waals surface area contributed by atoms with Gasteiger partial charge in [-0.25, -0.2) is 0 Å². The van der Waals surface area contributed by atoms with Gasteiger partial charge in [0.1, 0.15) is 0 Å². The molecule has 1 aliphatic rings. The monoisotopic (exact) mass is 141 g/mol. The Hall–Kier alpha value is -0.0400. The quantitative estimate of drug-likeness (QED) is 0.539. The molecule has 0 aromatic carbocycles. The van der Waals surface area contributed by atoms with E-state index in [1.54, 1.807) is 0 Å². The van der Waals surface area contributed by atoms with Crippen LogP contribution in [-0.4, -0.2) is 24.5 Å². The molecule has 0 N–H and O–H groups in total. The first kappa shape index (κ1) is 8.06. The summed E-state index contributed by atoms with van der Waals surface area (Å²) in [5.74, 6) is 1.74. The van der Waals surface area contributed by atoms with Gasteiger partial charge in [-0.15, -0.1) is 0 Å². The molecule has 1 unspecified atom stereocenters. The molecule has 1 rings (SSSR count). The van der Waals surface area contributed by atoms with Gasteiger partial charge < -0.3 is 4.90 Å². The summed E-state index contributed by atoms with van der Waals surface area (Å²) < 4.78 is 0. The van der Waals surface area contributed by atoms with Gasteiger partial charge in [0.15, 0.2) is 0 Å². The van der Waals surface area contributed by atoms with E-state index in [1.165, 1.54) is 13.0 Å². The van der Waals surface area contributed by atoms with E-state index in [2.05, 4.69) is 32.7 Å². The van der Waals surface area contributed by atoms with E-state index in [-0.39, 0.29) is 0 Å². The summed E-state index contributed by atoms with van der Waals surface area (Å²) in [6.45, 7) is 8.28. The smallest absolute Gasteiger partial charge is 0.0118 e. The van der Waals surface area contributed by atoms with Gasteiger partial charge in [0, 0.05) is 12.6 Å². The maximum Gasteiger partial charge on any atom is 0.0118 e. The van der Waals surface area contributed by atoms with Crippen LogP contribution in [0.5, 0.6) is 0 Å². The van der Waals surface area contributed by atoms with Crippen molar-refractivity contribution in [2.75, 3.05) is 13.6 Å². The molecule has 60 valence electrons. The predicted molar refractivity (Wildman–Crippen MR) is 45.0 cm³/mol. The van der Waals surface area contributed by atoms with Gasteiger partial charge in [0.2, 0.25) is 0 Å². The Morgan fingerprint density at radius 1 is 1.40 bits per heavy atom. The van der Waals surface area contributed by atoms with Crippen LogP contribution >= 0.6 is 0 Å². The number of rotatable bonds is 1. The molecule has 0 saturated carbocycles. The molecule has 0 spiro atoms. The van der Waals surface area contributed by atoms with Crippen molar-refractivity contribution in [3.63, 3.8) is 0 Å². The van der Waals surface area contributed by atoms with Crippen LogP contribution in [0.3, 0.4) is 0 Å². The second-order valence-electron chi connectivity index (χ2n) is 4.09. The zero-order chi connectivity index (χ0) is 7.72. The molecule has 0 amide bonds. The molecule has 10 heavy (non-hydrogen) atoms. The van der Waals surface area contributed by atoms with Crippen molar-refractivity contribution < 1.29 is 0 Å². The SMILES string of the molecule is CC(C)C1C[C@H](C)CN1C. The van der Waals surface area contributed by atoms with Crippen molar-refractivity contribution in [2.45, 2.75) is 33.2 Å². The van der Waals surface area contributed by atoms with E-state index in [1.807, 2.05) is 0 Å². The summed E-state index contributed by atoms with van der Waals surface area (Å²) in [5, 5.41) is 0. The normalized spacial score (nSPS) is 35.7. The molecular formula is C9H19N. The van der Waals surface area contributed by atoms with E-state index in [4.69, 9.17) is 0 Å². The predicted octanol–water partition coefficient (Wildman–Crippen LogP) is 1.98. The lowest BCUT2D eigenvalue weighted by Gasteiger charge is -2.22. The molecule has 0 aromatic heterocycles. The molecule has 1 heterocycles. The number of likely N-dealkylation sites (tertiary alicyclic amines) is 1. The number of hydrogen-bond donors (Lipinski definition) is 0. The first-order valence-corrected chi connectivity index (χ1v) is 4.31. The van der Waals surface area contributed by atoms with Crippen molar-refractivity contribution in [1.82, 2.24) is 4.90 Å². The second kappa shape index (κ2) is 2.91. The molecule has 0 aliphatic carbocycles. The van der Waals surface area contributed by atoms with Crippen LogP contribution in [0.15, 0.2) is 0 Å². The molecule has 1 saturated heterocycles. The van der Waals surface area contributed by atoms with Crippen LogP contribution < -0.4 is 0 Å². The van der Waals surface area contributed by atoms with Gasteiger partial charge in [-0.3, -0.25) is 0 Å². The Labute approximate surface area is 64.4 Å². The topological polar surface area (TPSA) is 3.24 Å². The first-order valence-electron chi connectivity index (χ1n) is 4.31. The highest BCUT2D eigenvalue weighted by atomic mass is 15.2. The fraction of sp³-hybridized carbons (Fsp3) is 1.00. The summed E-state index contributed by atoms with van der Waals surface area (Å²) in [6, 6.07) is 0.843. The Morgan fingerprint density at radius 3 is 2.20 bits per heavy atom. The van der Waals surface area contributed by atoms with Gasteiger partial charge in [-0.2, -0.15) is 0 Å². The third kappa shape index (κ3) is 1.51. The minimum Gasteiger partial charge on any atom is -0.303 e. The van der Waals surface area contributed by atoms with Crippen molar-refractivity contribution in [1.29, 1.82) is 0 Å². The first-order chi connectivity index (χ1) is 4.61.